The minimum atomic E-state index is -1.21. The molecule has 8 nitrogen and oxygen atoms in total. The third-order valence-corrected chi connectivity index (χ3v) is 3.89. The minimum absolute atomic E-state index is 0.512. The van der Waals surface area contributed by atoms with Crippen LogP contribution < -0.4 is 9.47 Å². The molecule has 0 aliphatic rings. The Morgan fingerprint density at radius 3 is 1.20 bits per heavy atom. The maximum Gasteiger partial charge on any atom is 0.337 e. The summed E-state index contributed by atoms with van der Waals surface area (Å²) in [4.78, 5) is 22.7. The summed E-state index contributed by atoms with van der Waals surface area (Å²) >= 11 is 0. The van der Waals surface area contributed by atoms with E-state index in [1.165, 1.54) is 13.8 Å². The molecule has 0 bridgehead atoms. The van der Waals surface area contributed by atoms with Crippen molar-refractivity contribution in [2.45, 2.75) is 52.5 Å². The molecule has 4 atom stereocenters. The molecule has 2 rings (SSSR count). The average Bonchev–Trinajstić information content (AvgIpc) is 2.68. The first-order valence-corrected chi connectivity index (χ1v) is 9.46. The zero-order valence-corrected chi connectivity index (χ0v) is 17.3. The molecule has 162 valence electrons. The topological polar surface area (TPSA) is 112 Å². The number of ether oxygens (including phenoxy) is 4. The Morgan fingerprint density at radius 2 is 0.933 bits per heavy atom. The molecule has 30 heavy (non-hydrogen) atoms. The van der Waals surface area contributed by atoms with Crippen LogP contribution in [0.5, 0.6) is 11.5 Å². The van der Waals surface area contributed by atoms with Crippen molar-refractivity contribution in [2.75, 3.05) is 0 Å². The van der Waals surface area contributed by atoms with Gasteiger partial charge >= 0.3 is 11.9 Å². The van der Waals surface area contributed by atoms with Crippen LogP contribution in [0.1, 0.15) is 27.7 Å². The zero-order valence-electron chi connectivity index (χ0n) is 17.3. The van der Waals surface area contributed by atoms with Crippen LogP contribution in [0.3, 0.4) is 0 Å². The van der Waals surface area contributed by atoms with Gasteiger partial charge in [-0.3, -0.25) is 0 Å². The Kier molecular flexibility index (Phi) is 8.20. The molecule has 0 amide bonds. The number of esters is 2. The van der Waals surface area contributed by atoms with Gasteiger partial charge in [0.05, 0.1) is 0 Å². The maximum atomic E-state index is 11.4. The van der Waals surface area contributed by atoms with Crippen molar-refractivity contribution >= 4 is 11.9 Å². The number of rotatable bonds is 9. The lowest BCUT2D eigenvalue weighted by Gasteiger charge is -2.17. The summed E-state index contributed by atoms with van der Waals surface area (Å²) in [6.07, 6.45) is -4.09. The molecule has 0 heterocycles. The Balaban J connectivity index is 1.93. The van der Waals surface area contributed by atoms with Crippen LogP contribution in [0, 0.1) is 0 Å². The van der Waals surface area contributed by atoms with E-state index in [0.717, 1.165) is 11.1 Å². The van der Waals surface area contributed by atoms with Gasteiger partial charge < -0.3 is 29.2 Å². The first kappa shape index (κ1) is 23.2. The molecule has 2 aromatic carbocycles. The molecule has 0 aliphatic carbocycles. The average molecular weight is 418 g/mol. The maximum absolute atomic E-state index is 11.4. The fourth-order valence-corrected chi connectivity index (χ4v) is 2.41. The summed E-state index contributed by atoms with van der Waals surface area (Å²) in [6.45, 7) is 5.77. The van der Waals surface area contributed by atoms with Crippen LogP contribution in [-0.4, -0.2) is 46.9 Å². The fourth-order valence-electron chi connectivity index (χ4n) is 2.41. The third-order valence-electron chi connectivity index (χ3n) is 3.89. The largest absolute Gasteiger partial charge is 0.455 e. The highest BCUT2D eigenvalue weighted by molar-refractivity contribution is 5.74. The van der Waals surface area contributed by atoms with Crippen molar-refractivity contribution in [3.63, 3.8) is 0 Å². The van der Waals surface area contributed by atoms with Gasteiger partial charge in [-0.2, -0.15) is 0 Å². The lowest BCUT2D eigenvalue weighted by Crippen LogP contribution is -2.27. The van der Waals surface area contributed by atoms with Gasteiger partial charge in [0.2, 0.25) is 12.6 Å². The molecule has 0 radical (unpaired) electrons. The van der Waals surface area contributed by atoms with Crippen LogP contribution in [0.4, 0.5) is 0 Å². The van der Waals surface area contributed by atoms with Gasteiger partial charge in [0.15, 0.2) is 0 Å². The molecule has 0 spiro atoms. The molecule has 8 heteroatoms. The lowest BCUT2D eigenvalue weighted by molar-refractivity contribution is -0.171. The summed E-state index contributed by atoms with van der Waals surface area (Å²) in [6, 6.07) is 14.4. The van der Waals surface area contributed by atoms with Crippen LogP contribution in [0.15, 0.2) is 48.5 Å². The molecular weight excluding hydrogens is 392 g/mol. The number of carbonyl (C=O) groups is 2. The number of hydrogen-bond donors (Lipinski definition) is 2. The summed E-state index contributed by atoms with van der Waals surface area (Å²) in [5.41, 5.74) is 1.85. The normalized spacial score (nSPS) is 14.7. The number of carbonyl (C=O) groups excluding carboxylic acids is 2. The number of benzene rings is 2. The summed E-state index contributed by atoms with van der Waals surface area (Å²) in [5, 5.41) is 18.3. The number of aliphatic hydroxyl groups is 2. The van der Waals surface area contributed by atoms with E-state index in [9.17, 15) is 9.59 Å². The van der Waals surface area contributed by atoms with Gasteiger partial charge in [-0.05, 0) is 49.2 Å². The van der Waals surface area contributed by atoms with Gasteiger partial charge in [-0.25, -0.2) is 9.59 Å². The highest BCUT2D eigenvalue weighted by atomic mass is 16.7. The van der Waals surface area contributed by atoms with E-state index in [2.05, 4.69) is 0 Å². The first-order valence-electron chi connectivity index (χ1n) is 9.46. The smallest absolute Gasteiger partial charge is 0.337 e. The van der Waals surface area contributed by atoms with Gasteiger partial charge in [-0.1, -0.05) is 24.3 Å². The van der Waals surface area contributed by atoms with Gasteiger partial charge in [0.25, 0.3) is 0 Å². The highest BCUT2D eigenvalue weighted by Gasteiger charge is 2.16. The van der Waals surface area contributed by atoms with Crippen molar-refractivity contribution in [3.05, 3.63) is 48.5 Å². The number of hydrogen-bond acceptors (Lipinski definition) is 8. The Labute approximate surface area is 175 Å². The quantitative estimate of drug-likeness (QED) is 0.472. The zero-order chi connectivity index (χ0) is 22.3. The molecule has 0 aromatic heterocycles. The molecule has 0 saturated heterocycles. The SMILES string of the molecule is CC(OC(=O)C(C)O)Oc1ccc(-c2ccc(OC(C)OC(=O)C(C)O)cc2)cc1. The van der Waals surface area contributed by atoms with Crippen molar-refractivity contribution in [2.24, 2.45) is 0 Å². The third kappa shape index (κ3) is 7.06. The van der Waals surface area contributed by atoms with Crippen LogP contribution in [-0.2, 0) is 19.1 Å². The van der Waals surface area contributed by atoms with E-state index in [0.29, 0.717) is 11.5 Å². The fraction of sp³-hybridized carbons (Fsp3) is 0.364. The van der Waals surface area contributed by atoms with Crippen molar-refractivity contribution in [1.82, 2.24) is 0 Å². The van der Waals surface area contributed by atoms with E-state index in [-0.39, 0.29) is 0 Å². The minimum Gasteiger partial charge on any atom is -0.455 e. The summed E-state index contributed by atoms with van der Waals surface area (Å²) in [7, 11) is 0. The molecule has 0 saturated carbocycles. The second kappa shape index (κ2) is 10.6. The second-order valence-electron chi connectivity index (χ2n) is 6.65. The van der Waals surface area contributed by atoms with E-state index < -0.39 is 36.7 Å². The van der Waals surface area contributed by atoms with Gasteiger partial charge in [0, 0.05) is 13.8 Å². The predicted octanol–water partition coefficient (Wildman–Crippen LogP) is 2.65. The molecule has 2 aromatic rings. The van der Waals surface area contributed by atoms with E-state index >= 15 is 0 Å². The van der Waals surface area contributed by atoms with E-state index in [1.54, 1.807) is 38.1 Å². The van der Waals surface area contributed by atoms with E-state index in [1.807, 2.05) is 24.3 Å². The van der Waals surface area contributed by atoms with E-state index in [4.69, 9.17) is 29.2 Å². The molecule has 0 aliphatic heterocycles. The molecular formula is C22H26O8. The van der Waals surface area contributed by atoms with Crippen LogP contribution in [0.25, 0.3) is 11.1 Å². The molecule has 2 N–H and O–H groups in total. The number of aliphatic hydroxyl groups excluding tert-OH is 2. The summed E-state index contributed by atoms with van der Waals surface area (Å²) < 4.78 is 20.9. The van der Waals surface area contributed by atoms with Gasteiger partial charge in [0.1, 0.15) is 23.7 Å². The first-order chi connectivity index (χ1) is 14.2. The Morgan fingerprint density at radius 1 is 0.633 bits per heavy atom. The van der Waals surface area contributed by atoms with Crippen LogP contribution >= 0.6 is 0 Å². The second-order valence-corrected chi connectivity index (χ2v) is 6.65. The van der Waals surface area contributed by atoms with Crippen molar-refractivity contribution in [3.8, 4) is 22.6 Å². The predicted molar refractivity (Wildman–Crippen MR) is 108 cm³/mol. The van der Waals surface area contributed by atoms with Crippen LogP contribution in [0.2, 0.25) is 0 Å². The van der Waals surface area contributed by atoms with Crippen molar-refractivity contribution < 1.29 is 38.7 Å². The summed E-state index contributed by atoms with van der Waals surface area (Å²) in [5.74, 6) is -0.482. The Hall–Kier alpha value is -3.10. The monoisotopic (exact) mass is 418 g/mol. The van der Waals surface area contributed by atoms with Gasteiger partial charge in [-0.15, -0.1) is 0 Å². The Bertz CT molecular complexity index is 756. The van der Waals surface area contributed by atoms with Crippen molar-refractivity contribution in [1.29, 1.82) is 0 Å². The lowest BCUT2D eigenvalue weighted by atomic mass is 10.1. The standard InChI is InChI=1S/C22H26O8/c1-13(23)21(25)29-15(3)27-19-9-5-17(6-10-19)18-7-11-20(12-8-18)28-16(4)30-22(26)14(2)24/h5-16,23-24H,1-4H3. The molecule has 4 unspecified atom stereocenters. The molecule has 0 fully saturated rings. The highest BCUT2D eigenvalue weighted by Crippen LogP contribution is 2.25.